The van der Waals surface area contributed by atoms with Crippen LogP contribution in [0, 0.1) is 5.92 Å². The second-order valence-electron chi connectivity index (χ2n) is 5.29. The first-order valence-corrected chi connectivity index (χ1v) is 6.15. The van der Waals surface area contributed by atoms with Crippen LogP contribution in [0.25, 0.3) is 0 Å². The molecule has 14 heavy (non-hydrogen) atoms. The van der Waals surface area contributed by atoms with Crippen molar-refractivity contribution in [1.82, 2.24) is 5.32 Å². The molecule has 2 aliphatic carbocycles. The molecule has 0 aliphatic heterocycles. The predicted octanol–water partition coefficient (Wildman–Crippen LogP) is 2.07. The summed E-state index contributed by atoms with van der Waals surface area (Å²) in [6.45, 7) is 3.06. The summed E-state index contributed by atoms with van der Waals surface area (Å²) in [7, 11) is 0. The van der Waals surface area contributed by atoms with Crippen LogP contribution < -0.4 is 5.32 Å². The Bertz CT molecular complexity index is 183. The van der Waals surface area contributed by atoms with Crippen molar-refractivity contribution in [2.24, 2.45) is 5.92 Å². The first-order chi connectivity index (χ1) is 6.70. The van der Waals surface area contributed by atoms with Gasteiger partial charge in [-0.15, -0.1) is 0 Å². The lowest BCUT2D eigenvalue weighted by Crippen LogP contribution is -2.45. The van der Waals surface area contributed by atoms with Gasteiger partial charge in [0.1, 0.15) is 0 Å². The van der Waals surface area contributed by atoms with E-state index in [1.54, 1.807) is 0 Å². The Hall–Kier alpha value is -0.0800. The Morgan fingerprint density at radius 1 is 1.29 bits per heavy atom. The van der Waals surface area contributed by atoms with E-state index >= 15 is 0 Å². The van der Waals surface area contributed by atoms with Crippen LogP contribution in [0.4, 0.5) is 0 Å². The molecule has 1 atom stereocenters. The first-order valence-electron chi connectivity index (χ1n) is 6.15. The Labute approximate surface area is 87.1 Å². The van der Waals surface area contributed by atoms with E-state index in [2.05, 4.69) is 12.2 Å². The van der Waals surface area contributed by atoms with E-state index in [1.807, 2.05) is 0 Å². The zero-order valence-electron chi connectivity index (χ0n) is 9.26. The van der Waals surface area contributed by atoms with E-state index in [9.17, 15) is 5.11 Å². The van der Waals surface area contributed by atoms with Gasteiger partial charge in [0, 0.05) is 12.6 Å². The molecule has 0 aromatic rings. The van der Waals surface area contributed by atoms with E-state index in [-0.39, 0.29) is 5.60 Å². The van der Waals surface area contributed by atoms with Gasteiger partial charge < -0.3 is 10.4 Å². The minimum atomic E-state index is -0.387. The average molecular weight is 197 g/mol. The molecule has 2 N–H and O–H groups in total. The van der Waals surface area contributed by atoms with E-state index in [0.717, 1.165) is 25.3 Å². The van der Waals surface area contributed by atoms with E-state index in [0.29, 0.717) is 6.04 Å². The van der Waals surface area contributed by atoms with Crippen LogP contribution in [-0.2, 0) is 0 Å². The van der Waals surface area contributed by atoms with Crippen LogP contribution in [0.1, 0.15) is 51.9 Å². The molecular weight excluding hydrogens is 174 g/mol. The van der Waals surface area contributed by atoms with Crippen molar-refractivity contribution in [3.8, 4) is 0 Å². The Morgan fingerprint density at radius 2 is 1.93 bits per heavy atom. The van der Waals surface area contributed by atoms with Gasteiger partial charge in [0.25, 0.3) is 0 Å². The third-order valence-electron chi connectivity index (χ3n) is 3.87. The maximum absolute atomic E-state index is 10.3. The number of aliphatic hydroxyl groups is 1. The lowest BCUT2D eigenvalue weighted by atomic mass is 9.84. The van der Waals surface area contributed by atoms with Crippen molar-refractivity contribution < 1.29 is 5.11 Å². The largest absolute Gasteiger partial charge is 0.389 e. The molecule has 2 fully saturated rings. The van der Waals surface area contributed by atoms with Crippen molar-refractivity contribution in [3.63, 3.8) is 0 Å². The monoisotopic (exact) mass is 197 g/mol. The van der Waals surface area contributed by atoms with Gasteiger partial charge in [-0.3, -0.25) is 0 Å². The molecule has 1 unspecified atom stereocenters. The summed E-state index contributed by atoms with van der Waals surface area (Å²) in [5, 5.41) is 13.8. The second kappa shape index (κ2) is 4.19. The van der Waals surface area contributed by atoms with Crippen molar-refractivity contribution in [3.05, 3.63) is 0 Å². The summed E-state index contributed by atoms with van der Waals surface area (Å²) in [5.74, 6) is 0.891. The average Bonchev–Trinajstić information content (AvgIpc) is 2.99. The molecule has 0 saturated heterocycles. The highest BCUT2D eigenvalue weighted by Crippen LogP contribution is 2.33. The Balaban J connectivity index is 1.71. The maximum Gasteiger partial charge on any atom is 0.0771 e. The minimum absolute atomic E-state index is 0.387. The van der Waals surface area contributed by atoms with Crippen molar-refractivity contribution in [2.45, 2.75) is 63.5 Å². The lowest BCUT2D eigenvalue weighted by molar-refractivity contribution is 0.00256. The molecule has 2 aliphatic rings. The van der Waals surface area contributed by atoms with Gasteiger partial charge in [0.15, 0.2) is 0 Å². The van der Waals surface area contributed by atoms with Crippen LogP contribution >= 0.6 is 0 Å². The molecule has 2 heteroatoms. The summed E-state index contributed by atoms with van der Waals surface area (Å²) >= 11 is 0. The Morgan fingerprint density at radius 3 is 2.50 bits per heavy atom. The summed E-state index contributed by atoms with van der Waals surface area (Å²) < 4.78 is 0. The molecule has 2 saturated carbocycles. The van der Waals surface area contributed by atoms with Gasteiger partial charge in [-0.05, 0) is 38.5 Å². The molecule has 0 bridgehead atoms. The van der Waals surface area contributed by atoms with Gasteiger partial charge in [-0.2, -0.15) is 0 Å². The smallest absolute Gasteiger partial charge is 0.0771 e. The van der Waals surface area contributed by atoms with Gasteiger partial charge in [-0.25, -0.2) is 0 Å². The fourth-order valence-electron chi connectivity index (χ4n) is 2.50. The van der Waals surface area contributed by atoms with Gasteiger partial charge in [0.05, 0.1) is 5.60 Å². The van der Waals surface area contributed by atoms with Crippen LogP contribution in [0.3, 0.4) is 0 Å². The van der Waals surface area contributed by atoms with Crippen LogP contribution in [0.2, 0.25) is 0 Å². The number of hydrogen-bond donors (Lipinski definition) is 2. The number of rotatable bonds is 4. The normalized spacial score (nSPS) is 28.7. The standard InChI is InChI=1S/C12H23NO/c1-10(11-5-6-11)13-9-12(14)7-3-2-4-8-12/h10-11,13-14H,2-9H2,1H3. The highest BCUT2D eigenvalue weighted by Gasteiger charge is 2.32. The number of hydrogen-bond acceptors (Lipinski definition) is 2. The molecule has 2 rings (SSSR count). The van der Waals surface area contributed by atoms with Crippen molar-refractivity contribution in [2.75, 3.05) is 6.54 Å². The van der Waals surface area contributed by atoms with Crippen LogP contribution in [0.15, 0.2) is 0 Å². The molecule has 0 aromatic carbocycles. The molecule has 0 heterocycles. The van der Waals surface area contributed by atoms with Gasteiger partial charge in [0.2, 0.25) is 0 Å². The Kier molecular flexibility index (Phi) is 3.13. The zero-order chi connectivity index (χ0) is 10.0. The quantitative estimate of drug-likeness (QED) is 0.723. The van der Waals surface area contributed by atoms with Crippen molar-refractivity contribution >= 4 is 0 Å². The second-order valence-corrected chi connectivity index (χ2v) is 5.29. The summed E-state index contributed by atoms with van der Waals surface area (Å²) in [5.41, 5.74) is -0.387. The topological polar surface area (TPSA) is 32.3 Å². The van der Waals surface area contributed by atoms with Crippen molar-refractivity contribution in [1.29, 1.82) is 0 Å². The highest BCUT2D eigenvalue weighted by molar-refractivity contribution is 4.89. The summed E-state index contributed by atoms with van der Waals surface area (Å²) in [4.78, 5) is 0. The summed E-state index contributed by atoms with van der Waals surface area (Å²) in [6.07, 6.45) is 8.47. The summed E-state index contributed by atoms with van der Waals surface area (Å²) in [6, 6.07) is 0.612. The lowest BCUT2D eigenvalue weighted by Gasteiger charge is -2.33. The van der Waals surface area contributed by atoms with Gasteiger partial charge in [-0.1, -0.05) is 19.3 Å². The molecule has 82 valence electrons. The zero-order valence-corrected chi connectivity index (χ0v) is 9.26. The first kappa shape index (κ1) is 10.4. The van der Waals surface area contributed by atoms with E-state index in [1.165, 1.54) is 32.1 Å². The van der Waals surface area contributed by atoms with E-state index < -0.39 is 0 Å². The van der Waals surface area contributed by atoms with Crippen LogP contribution in [0.5, 0.6) is 0 Å². The molecule has 2 nitrogen and oxygen atoms in total. The van der Waals surface area contributed by atoms with Gasteiger partial charge >= 0.3 is 0 Å². The molecule has 0 amide bonds. The van der Waals surface area contributed by atoms with E-state index in [4.69, 9.17) is 0 Å². The minimum Gasteiger partial charge on any atom is -0.389 e. The predicted molar refractivity (Wildman–Crippen MR) is 58.2 cm³/mol. The fraction of sp³-hybridized carbons (Fsp3) is 1.00. The maximum atomic E-state index is 10.3. The number of nitrogens with one attached hydrogen (secondary N) is 1. The SMILES string of the molecule is CC(NCC1(O)CCCCC1)C1CC1. The molecule has 0 spiro atoms. The fourth-order valence-corrected chi connectivity index (χ4v) is 2.50. The molecule has 0 radical (unpaired) electrons. The molecule has 0 aromatic heterocycles. The highest BCUT2D eigenvalue weighted by atomic mass is 16.3. The molecular formula is C12H23NO. The van der Waals surface area contributed by atoms with Crippen LogP contribution in [-0.4, -0.2) is 23.3 Å². The third-order valence-corrected chi connectivity index (χ3v) is 3.87. The third kappa shape index (κ3) is 2.71.